The van der Waals surface area contributed by atoms with Crippen LogP contribution in [-0.4, -0.2) is 43.5 Å². The first-order valence-corrected chi connectivity index (χ1v) is 12.4. The highest BCUT2D eigenvalue weighted by atomic mass is 32.2. The van der Waals surface area contributed by atoms with Crippen LogP contribution in [0.25, 0.3) is 0 Å². The van der Waals surface area contributed by atoms with Crippen LogP contribution in [-0.2, 0) is 21.2 Å². The van der Waals surface area contributed by atoms with Gasteiger partial charge in [-0.05, 0) is 62.3 Å². The topological polar surface area (TPSA) is 66.5 Å². The average molecular weight is 405 g/mol. The molecule has 6 heteroatoms. The first-order valence-electron chi connectivity index (χ1n) is 10.8. The lowest BCUT2D eigenvalue weighted by Gasteiger charge is -2.32. The van der Waals surface area contributed by atoms with E-state index < -0.39 is 10.0 Å². The third-order valence-corrected chi connectivity index (χ3v) is 8.95. The smallest absolute Gasteiger partial charge is 0.223 e. The summed E-state index contributed by atoms with van der Waals surface area (Å²) in [5, 5.41) is 3.28. The molecule has 28 heavy (non-hydrogen) atoms. The number of piperidine rings is 1. The number of nitrogens with one attached hydrogen (secondary N) is 1. The number of hydrogen-bond acceptors (Lipinski definition) is 3. The zero-order chi connectivity index (χ0) is 19.6. The van der Waals surface area contributed by atoms with Crippen LogP contribution < -0.4 is 5.32 Å². The van der Waals surface area contributed by atoms with Gasteiger partial charge in [0.05, 0.1) is 5.75 Å². The Balaban J connectivity index is 1.21. The Labute approximate surface area is 168 Å². The molecule has 0 radical (unpaired) electrons. The van der Waals surface area contributed by atoms with Crippen molar-refractivity contribution in [2.45, 2.75) is 57.4 Å². The third kappa shape index (κ3) is 4.60. The van der Waals surface area contributed by atoms with Gasteiger partial charge in [0.15, 0.2) is 0 Å². The molecule has 2 bridgehead atoms. The fourth-order valence-electron chi connectivity index (χ4n) is 5.35. The van der Waals surface area contributed by atoms with E-state index in [1.54, 1.807) is 4.31 Å². The van der Waals surface area contributed by atoms with Gasteiger partial charge in [-0.1, -0.05) is 36.8 Å². The van der Waals surface area contributed by atoms with Gasteiger partial charge in [-0.3, -0.25) is 4.79 Å². The SMILES string of the molecule is O=C(N[C@@H]1C[C@@H]2CC[C@@H]1C2)C1CCN(S(=O)(=O)CCCc2ccccc2)CC1. The minimum absolute atomic E-state index is 0.0325. The number of fused-ring (bicyclic) bond motifs is 2. The minimum atomic E-state index is -3.23. The van der Waals surface area contributed by atoms with E-state index in [-0.39, 0.29) is 17.6 Å². The summed E-state index contributed by atoms with van der Waals surface area (Å²) in [6.45, 7) is 0.949. The summed E-state index contributed by atoms with van der Waals surface area (Å²) in [4.78, 5) is 12.6. The number of sulfonamides is 1. The van der Waals surface area contributed by atoms with Crippen LogP contribution in [0.4, 0.5) is 0 Å². The number of rotatable bonds is 7. The molecule has 154 valence electrons. The summed E-state index contributed by atoms with van der Waals surface area (Å²) in [5.41, 5.74) is 1.17. The summed E-state index contributed by atoms with van der Waals surface area (Å²) in [6, 6.07) is 10.4. The number of nitrogens with zero attached hydrogens (tertiary/aromatic N) is 1. The molecule has 4 rings (SSSR count). The molecule has 2 saturated carbocycles. The molecule has 1 aromatic carbocycles. The van der Waals surface area contributed by atoms with E-state index in [1.807, 2.05) is 30.3 Å². The predicted octanol–water partition coefficient (Wildman–Crippen LogP) is 2.97. The lowest BCUT2D eigenvalue weighted by atomic mass is 9.93. The van der Waals surface area contributed by atoms with Crippen molar-refractivity contribution < 1.29 is 13.2 Å². The van der Waals surface area contributed by atoms with Crippen LogP contribution in [0.15, 0.2) is 30.3 Å². The van der Waals surface area contributed by atoms with E-state index >= 15 is 0 Å². The molecule has 3 atom stereocenters. The van der Waals surface area contributed by atoms with E-state index in [4.69, 9.17) is 0 Å². The normalized spacial score (nSPS) is 28.5. The second-order valence-electron chi connectivity index (χ2n) is 8.87. The third-order valence-electron chi connectivity index (χ3n) is 6.99. The van der Waals surface area contributed by atoms with Crippen LogP contribution in [0.5, 0.6) is 0 Å². The van der Waals surface area contributed by atoms with Gasteiger partial charge in [0.1, 0.15) is 0 Å². The van der Waals surface area contributed by atoms with E-state index in [0.717, 1.165) is 18.8 Å². The van der Waals surface area contributed by atoms with Crippen molar-refractivity contribution >= 4 is 15.9 Å². The molecule has 5 nitrogen and oxygen atoms in total. The maximum Gasteiger partial charge on any atom is 0.223 e. The van der Waals surface area contributed by atoms with Crippen molar-refractivity contribution in [3.05, 3.63) is 35.9 Å². The van der Waals surface area contributed by atoms with E-state index in [0.29, 0.717) is 44.3 Å². The summed E-state index contributed by atoms with van der Waals surface area (Å²) >= 11 is 0. The van der Waals surface area contributed by atoms with E-state index in [9.17, 15) is 13.2 Å². The molecule has 1 N–H and O–H groups in total. The molecule has 1 aromatic rings. The molecular weight excluding hydrogens is 372 g/mol. The summed E-state index contributed by atoms with van der Waals surface area (Å²) in [7, 11) is -3.23. The van der Waals surface area contributed by atoms with Gasteiger partial charge in [-0.25, -0.2) is 12.7 Å². The Morgan fingerprint density at radius 3 is 2.43 bits per heavy atom. The van der Waals surface area contributed by atoms with Crippen molar-refractivity contribution in [3.8, 4) is 0 Å². The Kier molecular flexibility index (Phi) is 6.07. The van der Waals surface area contributed by atoms with Crippen molar-refractivity contribution in [2.75, 3.05) is 18.8 Å². The van der Waals surface area contributed by atoms with Crippen LogP contribution in [0.1, 0.15) is 50.5 Å². The highest BCUT2D eigenvalue weighted by molar-refractivity contribution is 7.89. The molecule has 1 saturated heterocycles. The van der Waals surface area contributed by atoms with Gasteiger partial charge in [-0.2, -0.15) is 0 Å². The van der Waals surface area contributed by atoms with Crippen LogP contribution in [0.2, 0.25) is 0 Å². The van der Waals surface area contributed by atoms with Gasteiger partial charge >= 0.3 is 0 Å². The monoisotopic (exact) mass is 404 g/mol. The molecule has 0 aromatic heterocycles. The zero-order valence-electron chi connectivity index (χ0n) is 16.6. The Hall–Kier alpha value is -1.40. The molecule has 1 heterocycles. The molecular formula is C22H32N2O3S. The van der Waals surface area contributed by atoms with Crippen molar-refractivity contribution in [1.82, 2.24) is 9.62 Å². The van der Waals surface area contributed by atoms with Crippen LogP contribution >= 0.6 is 0 Å². The fraction of sp³-hybridized carbons (Fsp3) is 0.682. The van der Waals surface area contributed by atoms with E-state index in [1.165, 1.54) is 24.8 Å². The maximum atomic E-state index is 12.6. The highest BCUT2D eigenvalue weighted by Gasteiger charge is 2.41. The number of hydrogen-bond donors (Lipinski definition) is 1. The standard InChI is InChI=1S/C22H32N2O3S/c25-22(23-21-16-18-8-9-20(21)15-18)19-10-12-24(13-11-19)28(26,27)14-4-7-17-5-2-1-3-6-17/h1-3,5-6,18-21H,4,7-16H2,(H,23,25)/t18-,20-,21-/m1/s1. The summed E-state index contributed by atoms with van der Waals surface area (Å²) in [6.07, 6.45) is 7.72. The Morgan fingerprint density at radius 2 is 1.79 bits per heavy atom. The molecule has 1 amide bonds. The largest absolute Gasteiger partial charge is 0.353 e. The number of aryl methyl sites for hydroxylation is 1. The quantitative estimate of drug-likeness (QED) is 0.760. The van der Waals surface area contributed by atoms with Gasteiger partial charge in [0.25, 0.3) is 0 Å². The summed E-state index contributed by atoms with van der Waals surface area (Å²) in [5.74, 6) is 1.80. The van der Waals surface area contributed by atoms with Gasteiger partial charge < -0.3 is 5.32 Å². The number of carbonyl (C=O) groups is 1. The zero-order valence-corrected chi connectivity index (χ0v) is 17.4. The molecule has 3 aliphatic rings. The number of carbonyl (C=O) groups excluding carboxylic acids is 1. The molecule has 1 aliphatic heterocycles. The second kappa shape index (κ2) is 8.54. The van der Waals surface area contributed by atoms with Gasteiger partial charge in [0, 0.05) is 25.0 Å². The van der Waals surface area contributed by atoms with Crippen molar-refractivity contribution in [1.29, 1.82) is 0 Å². The van der Waals surface area contributed by atoms with Crippen molar-refractivity contribution in [2.24, 2.45) is 17.8 Å². The molecule has 0 unspecified atom stereocenters. The first-order chi connectivity index (χ1) is 13.5. The number of amides is 1. The first kappa shape index (κ1) is 19.9. The van der Waals surface area contributed by atoms with Gasteiger partial charge in [-0.15, -0.1) is 0 Å². The molecule has 0 spiro atoms. The lowest BCUT2D eigenvalue weighted by Crippen LogP contribution is -2.46. The predicted molar refractivity (Wildman–Crippen MR) is 110 cm³/mol. The molecule has 3 fully saturated rings. The summed E-state index contributed by atoms with van der Waals surface area (Å²) < 4.78 is 26.9. The average Bonchev–Trinajstić information content (AvgIpc) is 3.32. The number of benzene rings is 1. The Morgan fingerprint density at radius 1 is 1.04 bits per heavy atom. The van der Waals surface area contributed by atoms with Crippen LogP contribution in [0, 0.1) is 17.8 Å². The van der Waals surface area contributed by atoms with E-state index in [2.05, 4.69) is 5.32 Å². The van der Waals surface area contributed by atoms with Crippen molar-refractivity contribution in [3.63, 3.8) is 0 Å². The maximum absolute atomic E-state index is 12.6. The lowest BCUT2D eigenvalue weighted by molar-refractivity contribution is -0.127. The second-order valence-corrected chi connectivity index (χ2v) is 11.0. The Bertz CT molecular complexity index is 772. The van der Waals surface area contributed by atoms with Crippen LogP contribution in [0.3, 0.4) is 0 Å². The van der Waals surface area contributed by atoms with Gasteiger partial charge in [0.2, 0.25) is 15.9 Å². The highest BCUT2D eigenvalue weighted by Crippen LogP contribution is 2.44. The fourth-order valence-corrected chi connectivity index (χ4v) is 6.89. The molecule has 2 aliphatic carbocycles. The minimum Gasteiger partial charge on any atom is -0.353 e.